The fourth-order valence-corrected chi connectivity index (χ4v) is 4.98. The van der Waals surface area contributed by atoms with Gasteiger partial charge in [-0.05, 0) is 61.4 Å². The van der Waals surface area contributed by atoms with E-state index in [0.29, 0.717) is 29.4 Å². The Hall–Kier alpha value is -2.66. The predicted octanol–water partition coefficient (Wildman–Crippen LogP) is 6.01. The highest BCUT2D eigenvalue weighted by molar-refractivity contribution is 6.32. The third kappa shape index (κ3) is 4.67. The molecule has 0 aromatic heterocycles. The number of ether oxygens (including phenoxy) is 3. The molecule has 4 rings (SSSR count). The fourth-order valence-electron chi connectivity index (χ4n) is 4.70. The Bertz CT molecular complexity index is 965. The number of hydrogen-bond donors (Lipinski definition) is 1. The minimum atomic E-state index is -0.742. The van der Waals surface area contributed by atoms with Crippen molar-refractivity contribution in [3.8, 4) is 11.5 Å². The number of aliphatic hydroxyl groups is 1. The summed E-state index contributed by atoms with van der Waals surface area (Å²) >= 11 is 6.28. The van der Waals surface area contributed by atoms with Gasteiger partial charge in [-0.15, -0.1) is 0 Å². The van der Waals surface area contributed by atoms with Crippen LogP contribution < -0.4 is 9.47 Å². The highest BCUT2D eigenvalue weighted by Crippen LogP contribution is 2.46. The molecule has 1 N–H and O–H groups in total. The van der Waals surface area contributed by atoms with Crippen molar-refractivity contribution < 1.29 is 24.1 Å². The lowest BCUT2D eigenvalue weighted by Gasteiger charge is -2.41. The average molecular weight is 443 g/mol. The summed E-state index contributed by atoms with van der Waals surface area (Å²) in [6.07, 6.45) is 5.73. The second kappa shape index (κ2) is 9.23. The van der Waals surface area contributed by atoms with E-state index >= 15 is 0 Å². The van der Waals surface area contributed by atoms with Crippen molar-refractivity contribution >= 4 is 17.6 Å². The van der Waals surface area contributed by atoms with E-state index < -0.39 is 11.6 Å². The molecule has 2 aromatic rings. The molecule has 1 fully saturated rings. The van der Waals surface area contributed by atoms with E-state index in [9.17, 15) is 9.90 Å². The molecule has 0 amide bonds. The Kier molecular flexibility index (Phi) is 6.42. The lowest BCUT2D eigenvalue weighted by atomic mass is 9.77. The maximum atomic E-state index is 12.9. The highest BCUT2D eigenvalue weighted by atomic mass is 35.5. The topological polar surface area (TPSA) is 65.0 Å². The second-order valence-electron chi connectivity index (χ2n) is 8.27. The molecule has 2 aromatic carbocycles. The number of benzene rings is 2. The molecule has 1 aliphatic heterocycles. The van der Waals surface area contributed by atoms with E-state index in [-0.39, 0.29) is 23.9 Å². The quantitative estimate of drug-likeness (QED) is 0.532. The monoisotopic (exact) mass is 442 g/mol. The Labute approximate surface area is 187 Å². The second-order valence-corrected chi connectivity index (χ2v) is 8.68. The summed E-state index contributed by atoms with van der Waals surface area (Å²) < 4.78 is 17.0. The molecular formula is C25H27ClO5. The molecule has 31 heavy (non-hydrogen) atoms. The van der Waals surface area contributed by atoms with E-state index in [2.05, 4.69) is 0 Å². The first-order valence-corrected chi connectivity index (χ1v) is 11.1. The molecule has 0 radical (unpaired) electrons. The number of cyclic esters (lactones) is 1. The predicted molar refractivity (Wildman–Crippen MR) is 118 cm³/mol. The van der Waals surface area contributed by atoms with E-state index in [1.165, 1.54) is 0 Å². The van der Waals surface area contributed by atoms with Crippen molar-refractivity contribution in [2.75, 3.05) is 7.11 Å². The number of halogens is 1. The number of aryl methyl sites for hydroxylation is 1. The molecule has 0 spiro atoms. The van der Waals surface area contributed by atoms with Gasteiger partial charge in [-0.2, -0.15) is 0 Å². The van der Waals surface area contributed by atoms with Crippen LogP contribution in [-0.4, -0.2) is 23.8 Å². The summed E-state index contributed by atoms with van der Waals surface area (Å²) in [7, 11) is 1.58. The van der Waals surface area contributed by atoms with Gasteiger partial charge < -0.3 is 19.3 Å². The molecule has 1 aliphatic carbocycles. The number of para-hydroxylation sites is 1. The van der Waals surface area contributed by atoms with Gasteiger partial charge in [-0.3, -0.25) is 0 Å². The molecule has 0 saturated heterocycles. The van der Waals surface area contributed by atoms with E-state index in [4.69, 9.17) is 25.8 Å². The van der Waals surface area contributed by atoms with Crippen LogP contribution in [0.2, 0.25) is 5.02 Å². The van der Waals surface area contributed by atoms with Crippen LogP contribution in [0, 0.1) is 5.92 Å². The summed E-state index contributed by atoms with van der Waals surface area (Å²) in [5.74, 6) is 0.565. The molecule has 6 heteroatoms. The molecule has 2 aliphatic rings. The number of hydrogen-bond acceptors (Lipinski definition) is 5. The molecule has 1 unspecified atom stereocenters. The van der Waals surface area contributed by atoms with Gasteiger partial charge in [0.05, 0.1) is 12.1 Å². The van der Waals surface area contributed by atoms with Crippen LogP contribution in [0.25, 0.3) is 0 Å². The lowest BCUT2D eigenvalue weighted by molar-refractivity contribution is -0.171. The molecule has 5 nitrogen and oxygen atoms in total. The van der Waals surface area contributed by atoms with Crippen molar-refractivity contribution in [1.82, 2.24) is 0 Å². The van der Waals surface area contributed by atoms with E-state index in [1.54, 1.807) is 19.2 Å². The number of carbonyl (C=O) groups excluding carboxylic acids is 1. The van der Waals surface area contributed by atoms with Crippen LogP contribution in [0.1, 0.15) is 44.1 Å². The number of methoxy groups -OCH3 is 1. The number of rotatable bonds is 7. The third-order valence-corrected chi connectivity index (χ3v) is 6.62. The van der Waals surface area contributed by atoms with Gasteiger partial charge in [0.2, 0.25) is 5.76 Å². The Balaban J connectivity index is 1.57. The average Bonchev–Trinajstić information content (AvgIpc) is 3.31. The zero-order valence-corrected chi connectivity index (χ0v) is 18.4. The molecule has 164 valence electrons. The van der Waals surface area contributed by atoms with Gasteiger partial charge in [0.25, 0.3) is 0 Å². The van der Waals surface area contributed by atoms with E-state index in [1.807, 2.05) is 36.4 Å². The largest absolute Gasteiger partial charge is 0.508 e. The summed E-state index contributed by atoms with van der Waals surface area (Å²) in [6.45, 7) is 0. The van der Waals surface area contributed by atoms with Gasteiger partial charge >= 0.3 is 5.97 Å². The van der Waals surface area contributed by atoms with Crippen LogP contribution in [0.3, 0.4) is 0 Å². The first-order valence-electron chi connectivity index (χ1n) is 10.7. The number of carbonyl (C=O) groups is 1. The Morgan fingerprint density at radius 3 is 2.55 bits per heavy atom. The summed E-state index contributed by atoms with van der Waals surface area (Å²) in [4.78, 5) is 12.9. The summed E-state index contributed by atoms with van der Waals surface area (Å²) in [5, 5.41) is 11.4. The van der Waals surface area contributed by atoms with Crippen molar-refractivity contribution in [3.05, 3.63) is 70.6 Å². The summed E-state index contributed by atoms with van der Waals surface area (Å²) in [5.41, 5.74) is 0.294. The third-order valence-electron chi connectivity index (χ3n) is 6.33. The first-order chi connectivity index (χ1) is 15.0. The van der Waals surface area contributed by atoms with Crippen LogP contribution in [-0.2, 0) is 16.0 Å². The smallest absolute Gasteiger partial charge is 0.378 e. The molecule has 0 bridgehead atoms. The maximum absolute atomic E-state index is 12.9. The molecular weight excluding hydrogens is 416 g/mol. The van der Waals surface area contributed by atoms with Gasteiger partial charge in [0.15, 0.2) is 0 Å². The Morgan fingerprint density at radius 2 is 1.90 bits per heavy atom. The summed E-state index contributed by atoms with van der Waals surface area (Å²) in [6, 6.07) is 14.6. The van der Waals surface area contributed by atoms with Gasteiger partial charge in [-0.1, -0.05) is 48.7 Å². The SMILES string of the molecule is COc1ccc(CCC2(C3CCCC3)CC(O)=C(Oc3ccccc3)C(=O)O2)cc1Cl. The highest BCUT2D eigenvalue weighted by Gasteiger charge is 2.48. The minimum Gasteiger partial charge on any atom is -0.508 e. The molecule has 1 saturated carbocycles. The fraction of sp³-hybridized carbons (Fsp3) is 0.400. The van der Waals surface area contributed by atoms with E-state index in [0.717, 1.165) is 31.2 Å². The maximum Gasteiger partial charge on any atom is 0.378 e. The van der Waals surface area contributed by atoms with Crippen LogP contribution in [0.4, 0.5) is 0 Å². The van der Waals surface area contributed by atoms with Crippen molar-refractivity contribution in [2.45, 2.75) is 50.5 Å². The van der Waals surface area contributed by atoms with Gasteiger partial charge in [0.1, 0.15) is 22.9 Å². The normalized spacial score (nSPS) is 21.8. The number of esters is 1. The van der Waals surface area contributed by atoms with Crippen LogP contribution in [0.15, 0.2) is 60.0 Å². The zero-order valence-electron chi connectivity index (χ0n) is 17.6. The standard InChI is InChI=1S/C25H27ClO5/c1-29-22-12-11-17(15-20(22)26)13-14-25(18-7-5-6-8-18)16-21(27)23(24(28)31-25)30-19-9-3-2-4-10-19/h2-4,9-12,15,18,27H,5-8,13-14,16H2,1H3. The molecule has 1 heterocycles. The number of aliphatic hydroxyl groups excluding tert-OH is 1. The van der Waals surface area contributed by atoms with Gasteiger partial charge in [0, 0.05) is 6.42 Å². The lowest BCUT2D eigenvalue weighted by Crippen LogP contribution is -2.46. The molecule has 1 atom stereocenters. The van der Waals surface area contributed by atoms with Crippen molar-refractivity contribution in [1.29, 1.82) is 0 Å². The van der Waals surface area contributed by atoms with Crippen LogP contribution in [0.5, 0.6) is 11.5 Å². The van der Waals surface area contributed by atoms with Crippen LogP contribution >= 0.6 is 11.6 Å². The van der Waals surface area contributed by atoms with Gasteiger partial charge in [-0.25, -0.2) is 4.79 Å². The first kappa shape index (κ1) is 21.6. The van der Waals surface area contributed by atoms with Crippen molar-refractivity contribution in [2.24, 2.45) is 5.92 Å². The Morgan fingerprint density at radius 1 is 1.16 bits per heavy atom. The zero-order chi connectivity index (χ0) is 21.8. The van der Waals surface area contributed by atoms with Crippen molar-refractivity contribution in [3.63, 3.8) is 0 Å². The minimum absolute atomic E-state index is 0.0419.